The van der Waals surface area contributed by atoms with Crippen LogP contribution in [0.3, 0.4) is 0 Å². The fourth-order valence-corrected chi connectivity index (χ4v) is 2.18. The number of fused-ring (bicyclic) bond motifs is 1. The molecule has 1 aromatic carbocycles. The fourth-order valence-electron chi connectivity index (χ4n) is 1.91. The molecule has 2 rings (SSSR count). The highest BCUT2D eigenvalue weighted by Gasteiger charge is 2.11. The number of carbonyl (C=O) groups excluding carboxylic acids is 1. The first-order valence-corrected chi connectivity index (χ1v) is 5.59. The van der Waals surface area contributed by atoms with E-state index in [1.165, 1.54) is 0 Å². The molecule has 0 atom stereocenters. The number of aryl methyl sites for hydroxylation is 2. The molecule has 0 radical (unpaired) electrons. The Balaban J connectivity index is 2.91. The highest BCUT2D eigenvalue weighted by Crippen LogP contribution is 2.26. The summed E-state index contributed by atoms with van der Waals surface area (Å²) in [4.78, 5) is 15.2. The summed E-state index contributed by atoms with van der Waals surface area (Å²) in [7, 11) is 0. The third-order valence-corrected chi connectivity index (χ3v) is 3.15. The van der Waals surface area contributed by atoms with E-state index in [1.54, 1.807) is 0 Å². The molecule has 0 saturated heterocycles. The van der Waals surface area contributed by atoms with Crippen molar-refractivity contribution >= 4 is 28.8 Å². The molecule has 0 spiro atoms. The van der Waals surface area contributed by atoms with Gasteiger partial charge in [-0.1, -0.05) is 36.7 Å². The van der Waals surface area contributed by atoms with E-state index >= 15 is 0 Å². The number of carbonyl (C=O) groups is 1. The standard InChI is InChI=1S/C13H12ClNO/c1-3-9-5-4-6-10-8(2)11(7-16)13(14)15-12(9)10/h4-7H,3H2,1-2H3. The van der Waals surface area contributed by atoms with Gasteiger partial charge in [0.15, 0.2) is 6.29 Å². The number of halogens is 1. The van der Waals surface area contributed by atoms with Gasteiger partial charge in [-0.15, -0.1) is 0 Å². The second kappa shape index (κ2) is 4.22. The van der Waals surface area contributed by atoms with Crippen LogP contribution in [-0.4, -0.2) is 11.3 Å². The number of pyridine rings is 1. The van der Waals surface area contributed by atoms with Crippen LogP contribution in [0.4, 0.5) is 0 Å². The van der Waals surface area contributed by atoms with E-state index in [9.17, 15) is 4.79 Å². The molecule has 0 saturated carbocycles. The number of para-hydroxylation sites is 1. The monoisotopic (exact) mass is 233 g/mol. The van der Waals surface area contributed by atoms with Crippen LogP contribution in [0.5, 0.6) is 0 Å². The minimum atomic E-state index is 0.293. The van der Waals surface area contributed by atoms with Crippen molar-refractivity contribution < 1.29 is 4.79 Å². The van der Waals surface area contributed by atoms with Gasteiger partial charge < -0.3 is 0 Å². The second-order valence-corrected chi connectivity index (χ2v) is 4.08. The molecule has 0 fully saturated rings. The highest BCUT2D eigenvalue weighted by atomic mass is 35.5. The van der Waals surface area contributed by atoms with E-state index in [0.717, 1.165) is 34.7 Å². The zero-order valence-electron chi connectivity index (χ0n) is 9.25. The highest BCUT2D eigenvalue weighted by molar-refractivity contribution is 6.32. The van der Waals surface area contributed by atoms with Gasteiger partial charge in [0, 0.05) is 5.39 Å². The van der Waals surface area contributed by atoms with Gasteiger partial charge in [-0.25, -0.2) is 4.98 Å². The summed E-state index contributed by atoms with van der Waals surface area (Å²) in [5, 5.41) is 1.30. The van der Waals surface area contributed by atoms with Crippen molar-refractivity contribution in [2.45, 2.75) is 20.3 Å². The lowest BCUT2D eigenvalue weighted by Gasteiger charge is -2.09. The van der Waals surface area contributed by atoms with Crippen molar-refractivity contribution in [1.29, 1.82) is 0 Å². The predicted molar refractivity (Wildman–Crippen MR) is 66.3 cm³/mol. The Bertz CT molecular complexity index is 563. The average Bonchev–Trinajstić information content (AvgIpc) is 2.29. The van der Waals surface area contributed by atoms with Gasteiger partial charge in [-0.05, 0) is 24.5 Å². The number of aldehydes is 1. The third-order valence-electron chi connectivity index (χ3n) is 2.86. The Morgan fingerprint density at radius 3 is 2.81 bits per heavy atom. The molecule has 0 aliphatic rings. The molecule has 1 heterocycles. The van der Waals surface area contributed by atoms with E-state index in [1.807, 2.05) is 25.1 Å². The van der Waals surface area contributed by atoms with Gasteiger partial charge in [0.05, 0.1) is 11.1 Å². The van der Waals surface area contributed by atoms with Crippen LogP contribution in [0.2, 0.25) is 5.15 Å². The maximum atomic E-state index is 10.9. The summed E-state index contributed by atoms with van der Waals surface area (Å²) in [6.07, 6.45) is 1.67. The molecule has 0 aliphatic heterocycles. The first kappa shape index (κ1) is 11.1. The third kappa shape index (κ3) is 1.59. The largest absolute Gasteiger partial charge is 0.298 e. The van der Waals surface area contributed by atoms with Crippen LogP contribution in [0.15, 0.2) is 18.2 Å². The van der Waals surface area contributed by atoms with Gasteiger partial charge in [-0.3, -0.25) is 4.79 Å². The number of benzene rings is 1. The molecule has 0 bridgehead atoms. The summed E-state index contributed by atoms with van der Waals surface area (Å²) in [6, 6.07) is 5.99. The summed E-state index contributed by atoms with van der Waals surface area (Å²) in [5.41, 5.74) is 3.45. The summed E-state index contributed by atoms with van der Waals surface area (Å²) in [5.74, 6) is 0. The first-order valence-electron chi connectivity index (χ1n) is 5.22. The molecular formula is C13H12ClNO. The first-order chi connectivity index (χ1) is 7.69. The second-order valence-electron chi connectivity index (χ2n) is 3.73. The van der Waals surface area contributed by atoms with Gasteiger partial charge in [0.2, 0.25) is 0 Å². The Morgan fingerprint density at radius 2 is 2.19 bits per heavy atom. The summed E-state index contributed by atoms with van der Waals surface area (Å²) >= 11 is 6.00. The Morgan fingerprint density at radius 1 is 1.44 bits per heavy atom. The van der Waals surface area contributed by atoms with Crippen LogP contribution in [0.25, 0.3) is 10.9 Å². The molecule has 3 heteroatoms. The van der Waals surface area contributed by atoms with Crippen molar-refractivity contribution in [2.75, 3.05) is 0 Å². The lowest BCUT2D eigenvalue weighted by molar-refractivity contribution is 0.112. The van der Waals surface area contributed by atoms with E-state index in [-0.39, 0.29) is 0 Å². The Hall–Kier alpha value is -1.41. The van der Waals surface area contributed by atoms with Crippen molar-refractivity contribution in [1.82, 2.24) is 4.98 Å². The topological polar surface area (TPSA) is 30.0 Å². The van der Waals surface area contributed by atoms with Crippen LogP contribution in [0, 0.1) is 6.92 Å². The molecule has 2 aromatic rings. The smallest absolute Gasteiger partial charge is 0.153 e. The maximum absolute atomic E-state index is 10.9. The van der Waals surface area contributed by atoms with Gasteiger partial charge in [0.25, 0.3) is 0 Å². The molecule has 0 amide bonds. The quantitative estimate of drug-likeness (QED) is 0.586. The molecular weight excluding hydrogens is 222 g/mol. The molecule has 1 aromatic heterocycles. The van der Waals surface area contributed by atoms with E-state index < -0.39 is 0 Å². The Kier molecular flexibility index (Phi) is 2.92. The SMILES string of the molecule is CCc1cccc2c(C)c(C=O)c(Cl)nc12. The van der Waals surface area contributed by atoms with Crippen molar-refractivity contribution in [2.24, 2.45) is 0 Å². The number of aromatic nitrogens is 1. The van der Waals surface area contributed by atoms with Crippen LogP contribution >= 0.6 is 11.6 Å². The van der Waals surface area contributed by atoms with Crippen LogP contribution < -0.4 is 0 Å². The molecule has 0 N–H and O–H groups in total. The van der Waals surface area contributed by atoms with E-state index in [4.69, 9.17) is 11.6 Å². The van der Waals surface area contributed by atoms with Crippen LogP contribution in [-0.2, 0) is 6.42 Å². The minimum Gasteiger partial charge on any atom is -0.298 e. The molecule has 16 heavy (non-hydrogen) atoms. The van der Waals surface area contributed by atoms with Gasteiger partial charge in [0.1, 0.15) is 5.15 Å². The number of hydrogen-bond donors (Lipinski definition) is 0. The molecule has 2 nitrogen and oxygen atoms in total. The molecule has 82 valence electrons. The van der Waals surface area contributed by atoms with Crippen molar-refractivity contribution in [3.63, 3.8) is 0 Å². The number of nitrogens with zero attached hydrogens (tertiary/aromatic N) is 1. The molecule has 0 unspecified atom stereocenters. The lowest BCUT2D eigenvalue weighted by Crippen LogP contribution is -1.96. The zero-order chi connectivity index (χ0) is 11.7. The Labute approximate surface area is 99.3 Å². The number of rotatable bonds is 2. The van der Waals surface area contributed by atoms with Gasteiger partial charge in [-0.2, -0.15) is 0 Å². The average molecular weight is 234 g/mol. The van der Waals surface area contributed by atoms with Crippen LogP contribution in [0.1, 0.15) is 28.4 Å². The van der Waals surface area contributed by atoms with Gasteiger partial charge >= 0.3 is 0 Å². The maximum Gasteiger partial charge on any atom is 0.153 e. The predicted octanol–water partition coefficient (Wildman–Crippen LogP) is 3.57. The van der Waals surface area contributed by atoms with E-state index in [0.29, 0.717) is 10.7 Å². The fraction of sp³-hybridized carbons (Fsp3) is 0.231. The van der Waals surface area contributed by atoms with E-state index in [2.05, 4.69) is 11.9 Å². The normalized spacial score (nSPS) is 10.7. The van der Waals surface area contributed by atoms with Crippen molar-refractivity contribution in [3.05, 3.63) is 40.0 Å². The zero-order valence-corrected chi connectivity index (χ0v) is 10.0. The molecule has 0 aliphatic carbocycles. The summed E-state index contributed by atoms with van der Waals surface area (Å²) in [6.45, 7) is 3.98. The number of hydrogen-bond acceptors (Lipinski definition) is 2. The van der Waals surface area contributed by atoms with Crippen molar-refractivity contribution in [3.8, 4) is 0 Å². The summed E-state index contributed by atoms with van der Waals surface area (Å²) < 4.78 is 0. The lowest BCUT2D eigenvalue weighted by atomic mass is 10.0. The minimum absolute atomic E-state index is 0.293.